The van der Waals surface area contributed by atoms with Gasteiger partial charge in [0, 0.05) is 30.3 Å². The molecule has 0 spiro atoms. The van der Waals surface area contributed by atoms with E-state index in [1.807, 2.05) is 12.1 Å². The number of hydrogen-bond acceptors (Lipinski definition) is 3. The lowest BCUT2D eigenvalue weighted by molar-refractivity contribution is 0.110. The molecule has 0 aliphatic carbocycles. The van der Waals surface area contributed by atoms with Crippen LogP contribution in [0.5, 0.6) is 5.75 Å². The Morgan fingerprint density at radius 2 is 2.42 bits per heavy atom. The number of rotatable bonds is 6. The van der Waals surface area contributed by atoms with Crippen LogP contribution >= 0.6 is 11.6 Å². The van der Waals surface area contributed by atoms with Gasteiger partial charge in [-0.15, -0.1) is 6.42 Å². The first kappa shape index (κ1) is 14.2. The van der Waals surface area contributed by atoms with Crippen LogP contribution in [-0.4, -0.2) is 25.9 Å². The number of ether oxygens (including phenoxy) is 2. The van der Waals surface area contributed by atoms with E-state index in [0.717, 1.165) is 37.3 Å². The van der Waals surface area contributed by atoms with Gasteiger partial charge in [-0.3, -0.25) is 0 Å². The Morgan fingerprint density at radius 3 is 3.16 bits per heavy atom. The van der Waals surface area contributed by atoms with Crippen molar-refractivity contribution in [2.75, 3.05) is 19.8 Å². The quantitative estimate of drug-likeness (QED) is 0.812. The molecule has 19 heavy (non-hydrogen) atoms. The van der Waals surface area contributed by atoms with E-state index in [-0.39, 0.29) is 6.61 Å². The van der Waals surface area contributed by atoms with Crippen LogP contribution in [0.3, 0.4) is 0 Å². The van der Waals surface area contributed by atoms with Gasteiger partial charge in [0.15, 0.2) is 0 Å². The van der Waals surface area contributed by atoms with Crippen LogP contribution in [-0.2, 0) is 11.3 Å². The summed E-state index contributed by atoms with van der Waals surface area (Å²) in [4.78, 5) is 0. The summed E-state index contributed by atoms with van der Waals surface area (Å²) in [7, 11) is 0. The summed E-state index contributed by atoms with van der Waals surface area (Å²) in [5, 5.41) is 4.07. The van der Waals surface area contributed by atoms with Gasteiger partial charge in [-0.1, -0.05) is 17.5 Å². The molecule has 1 unspecified atom stereocenters. The minimum Gasteiger partial charge on any atom is -0.481 e. The largest absolute Gasteiger partial charge is 0.481 e. The number of benzene rings is 1. The molecule has 1 fully saturated rings. The van der Waals surface area contributed by atoms with Crippen molar-refractivity contribution in [2.45, 2.75) is 25.5 Å². The van der Waals surface area contributed by atoms with Crippen molar-refractivity contribution in [3.05, 3.63) is 28.8 Å². The zero-order valence-corrected chi connectivity index (χ0v) is 11.6. The molecular formula is C15H18ClNO2. The van der Waals surface area contributed by atoms with E-state index in [1.54, 1.807) is 6.07 Å². The third-order valence-corrected chi connectivity index (χ3v) is 3.28. The van der Waals surface area contributed by atoms with Gasteiger partial charge >= 0.3 is 0 Å². The van der Waals surface area contributed by atoms with E-state index in [4.69, 9.17) is 27.5 Å². The lowest BCUT2D eigenvalue weighted by Gasteiger charge is -2.13. The van der Waals surface area contributed by atoms with E-state index in [2.05, 4.69) is 11.2 Å². The molecule has 0 amide bonds. The molecule has 1 aliphatic heterocycles. The first-order valence-electron chi connectivity index (χ1n) is 6.46. The Morgan fingerprint density at radius 1 is 1.53 bits per heavy atom. The van der Waals surface area contributed by atoms with Crippen molar-refractivity contribution in [2.24, 2.45) is 0 Å². The molecule has 0 radical (unpaired) electrons. The first-order chi connectivity index (χ1) is 9.29. The fourth-order valence-corrected chi connectivity index (χ4v) is 2.31. The van der Waals surface area contributed by atoms with Crippen molar-refractivity contribution in [3.8, 4) is 18.1 Å². The van der Waals surface area contributed by atoms with Crippen molar-refractivity contribution in [1.29, 1.82) is 0 Å². The van der Waals surface area contributed by atoms with Crippen LogP contribution in [0.4, 0.5) is 0 Å². The lowest BCUT2D eigenvalue weighted by atomic mass is 10.2. The second kappa shape index (κ2) is 7.40. The second-order valence-corrected chi connectivity index (χ2v) is 4.95. The molecule has 1 aliphatic rings. The molecule has 0 bridgehead atoms. The maximum absolute atomic E-state index is 6.01. The van der Waals surface area contributed by atoms with Crippen molar-refractivity contribution in [1.82, 2.24) is 5.32 Å². The van der Waals surface area contributed by atoms with Crippen molar-refractivity contribution in [3.63, 3.8) is 0 Å². The van der Waals surface area contributed by atoms with Crippen molar-refractivity contribution < 1.29 is 9.47 Å². The predicted octanol–water partition coefficient (Wildman–Crippen LogP) is 2.62. The minimum atomic E-state index is 0.264. The lowest BCUT2D eigenvalue weighted by Crippen LogP contribution is -2.26. The average Bonchev–Trinajstić information content (AvgIpc) is 2.91. The fraction of sp³-hybridized carbons (Fsp3) is 0.467. The Labute approximate surface area is 119 Å². The Hall–Kier alpha value is -1.21. The highest BCUT2D eigenvalue weighted by Gasteiger charge is 2.15. The molecule has 0 aromatic heterocycles. The van der Waals surface area contributed by atoms with Crippen LogP contribution < -0.4 is 10.1 Å². The molecular weight excluding hydrogens is 262 g/mol. The molecule has 1 atom stereocenters. The summed E-state index contributed by atoms with van der Waals surface area (Å²) in [6, 6.07) is 5.55. The summed E-state index contributed by atoms with van der Waals surface area (Å²) in [5.41, 5.74) is 1.01. The molecule has 3 nitrogen and oxygen atoms in total. The van der Waals surface area contributed by atoms with Gasteiger partial charge in [0.05, 0.1) is 6.10 Å². The first-order valence-corrected chi connectivity index (χ1v) is 6.84. The summed E-state index contributed by atoms with van der Waals surface area (Å²) < 4.78 is 11.1. The molecule has 1 aromatic carbocycles. The molecule has 1 N–H and O–H groups in total. The predicted molar refractivity (Wildman–Crippen MR) is 76.5 cm³/mol. The zero-order chi connectivity index (χ0) is 13.5. The molecule has 1 saturated heterocycles. The summed E-state index contributed by atoms with van der Waals surface area (Å²) >= 11 is 6.01. The normalized spacial score (nSPS) is 18.2. The van der Waals surface area contributed by atoms with E-state index < -0.39 is 0 Å². The van der Waals surface area contributed by atoms with E-state index in [9.17, 15) is 0 Å². The van der Waals surface area contributed by atoms with Crippen LogP contribution in [0.15, 0.2) is 18.2 Å². The summed E-state index contributed by atoms with van der Waals surface area (Å²) in [6.07, 6.45) is 7.81. The van der Waals surface area contributed by atoms with Gasteiger partial charge in [-0.05, 0) is 31.0 Å². The van der Waals surface area contributed by atoms with Crippen LogP contribution in [0, 0.1) is 12.3 Å². The average molecular weight is 280 g/mol. The van der Waals surface area contributed by atoms with Crippen molar-refractivity contribution >= 4 is 11.6 Å². The summed E-state index contributed by atoms with van der Waals surface area (Å²) in [6.45, 7) is 2.68. The molecule has 1 heterocycles. The van der Waals surface area contributed by atoms with Crippen LogP contribution in [0.1, 0.15) is 18.4 Å². The third-order valence-electron chi connectivity index (χ3n) is 3.04. The Bertz CT molecular complexity index is 450. The molecule has 102 valence electrons. The maximum atomic E-state index is 6.01. The smallest absolute Gasteiger partial charge is 0.148 e. The van der Waals surface area contributed by atoms with E-state index in [0.29, 0.717) is 17.7 Å². The number of halogens is 1. The molecule has 2 rings (SSSR count). The highest BCUT2D eigenvalue weighted by molar-refractivity contribution is 6.30. The van der Waals surface area contributed by atoms with Gasteiger partial charge in [-0.2, -0.15) is 0 Å². The monoisotopic (exact) mass is 279 g/mol. The maximum Gasteiger partial charge on any atom is 0.148 e. The van der Waals surface area contributed by atoms with E-state index >= 15 is 0 Å². The Kier molecular flexibility index (Phi) is 5.53. The SMILES string of the molecule is C#CCOc1ccc(Cl)cc1CNCC1CCCO1. The minimum absolute atomic E-state index is 0.264. The highest BCUT2D eigenvalue weighted by atomic mass is 35.5. The third kappa shape index (κ3) is 4.43. The molecule has 4 heteroatoms. The molecule has 0 saturated carbocycles. The zero-order valence-electron chi connectivity index (χ0n) is 10.8. The number of hydrogen-bond donors (Lipinski definition) is 1. The van der Waals surface area contributed by atoms with Crippen LogP contribution in [0.2, 0.25) is 5.02 Å². The number of nitrogens with one attached hydrogen (secondary N) is 1. The topological polar surface area (TPSA) is 30.5 Å². The second-order valence-electron chi connectivity index (χ2n) is 4.51. The fourth-order valence-electron chi connectivity index (χ4n) is 2.12. The van der Waals surface area contributed by atoms with Gasteiger partial charge in [0.1, 0.15) is 12.4 Å². The standard InChI is InChI=1S/C15H18ClNO2/c1-2-7-19-15-6-5-13(16)9-12(15)10-17-11-14-4-3-8-18-14/h1,5-6,9,14,17H,3-4,7-8,10-11H2. The van der Waals surface area contributed by atoms with Gasteiger partial charge in [-0.25, -0.2) is 0 Å². The van der Waals surface area contributed by atoms with Gasteiger partial charge in [0.25, 0.3) is 0 Å². The van der Waals surface area contributed by atoms with Gasteiger partial charge in [0.2, 0.25) is 0 Å². The summed E-state index contributed by atoms with van der Waals surface area (Å²) in [5.74, 6) is 3.24. The molecule has 1 aromatic rings. The van der Waals surface area contributed by atoms with E-state index in [1.165, 1.54) is 0 Å². The van der Waals surface area contributed by atoms with Gasteiger partial charge < -0.3 is 14.8 Å². The van der Waals surface area contributed by atoms with Crippen LogP contribution in [0.25, 0.3) is 0 Å². The highest BCUT2D eigenvalue weighted by Crippen LogP contribution is 2.23. The Balaban J connectivity index is 1.89. The number of terminal acetylenes is 1.